The van der Waals surface area contributed by atoms with Crippen molar-refractivity contribution in [1.29, 1.82) is 0 Å². The van der Waals surface area contributed by atoms with Crippen molar-refractivity contribution in [2.75, 3.05) is 6.54 Å². The number of nitrogens with zero attached hydrogens (tertiary/aromatic N) is 1. The van der Waals surface area contributed by atoms with E-state index >= 15 is 0 Å². The van der Waals surface area contributed by atoms with Crippen molar-refractivity contribution in [3.05, 3.63) is 11.9 Å². The summed E-state index contributed by atoms with van der Waals surface area (Å²) in [7, 11) is 0. The van der Waals surface area contributed by atoms with Crippen molar-refractivity contribution < 1.29 is 0 Å². The number of hydrogen-bond donors (Lipinski definition) is 1. The van der Waals surface area contributed by atoms with Gasteiger partial charge in [-0.25, -0.2) is 0 Å². The predicted octanol–water partition coefficient (Wildman–Crippen LogP) is 0.399. The molecule has 0 saturated carbocycles. The van der Waals surface area contributed by atoms with Crippen LogP contribution in [0.1, 0.15) is 6.92 Å². The first-order valence-corrected chi connectivity index (χ1v) is 2.23. The van der Waals surface area contributed by atoms with Gasteiger partial charge in [0.15, 0.2) is 0 Å². The minimum absolute atomic E-state index is 0.752. The van der Waals surface area contributed by atoms with Crippen LogP contribution in [0.5, 0.6) is 0 Å². The average molecular weight is 95.1 g/mol. The van der Waals surface area contributed by atoms with Gasteiger partial charge in [0.1, 0.15) is 0 Å². The Morgan fingerprint density at radius 1 is 2.00 bits per heavy atom. The van der Waals surface area contributed by atoms with Crippen molar-refractivity contribution in [2.45, 2.75) is 6.92 Å². The highest BCUT2D eigenvalue weighted by Gasteiger charge is 1.87. The molecule has 0 aromatic carbocycles. The van der Waals surface area contributed by atoms with E-state index in [9.17, 15) is 0 Å². The topological polar surface area (TPSA) is 24.4 Å². The van der Waals surface area contributed by atoms with Crippen LogP contribution in [0.15, 0.2) is 16.9 Å². The van der Waals surface area contributed by atoms with Gasteiger partial charge in [0.2, 0.25) is 0 Å². The summed E-state index contributed by atoms with van der Waals surface area (Å²) in [5.74, 6) is 0. The minimum atomic E-state index is 0.752. The molecule has 0 bridgehead atoms. The van der Waals surface area contributed by atoms with Gasteiger partial charge in [0.05, 0.1) is 12.8 Å². The van der Waals surface area contributed by atoms with E-state index in [0.29, 0.717) is 0 Å². The molecule has 1 heterocycles. The second-order valence-electron chi connectivity index (χ2n) is 1.45. The second-order valence-corrected chi connectivity index (χ2v) is 1.45. The molecule has 0 aromatic rings. The molecule has 2 nitrogen and oxygen atoms in total. The zero-order chi connectivity index (χ0) is 5.11. The molecule has 0 atom stereocenters. The SMILES string of the molecule is CC1=CN=[C]CN1. The molecule has 1 rings (SSSR count). The maximum Gasteiger partial charge on any atom is 0.0828 e. The zero-order valence-corrected chi connectivity index (χ0v) is 4.23. The van der Waals surface area contributed by atoms with Crippen LogP contribution in [-0.2, 0) is 0 Å². The van der Waals surface area contributed by atoms with E-state index in [-0.39, 0.29) is 0 Å². The van der Waals surface area contributed by atoms with Gasteiger partial charge < -0.3 is 5.32 Å². The summed E-state index contributed by atoms with van der Waals surface area (Å²) in [4.78, 5) is 3.78. The molecule has 1 aliphatic heterocycles. The van der Waals surface area contributed by atoms with Crippen LogP contribution < -0.4 is 5.32 Å². The number of nitrogens with one attached hydrogen (secondary N) is 1. The van der Waals surface area contributed by atoms with E-state index in [2.05, 4.69) is 16.5 Å². The Balaban J connectivity index is 2.57. The standard InChI is InChI=1S/C5H7N2/c1-5-4-6-2-3-7-5/h4,7H,3H2,1H3. The van der Waals surface area contributed by atoms with Crippen molar-refractivity contribution in [3.8, 4) is 0 Å². The molecular weight excluding hydrogens is 88.1 g/mol. The molecule has 0 saturated heterocycles. The summed E-state index contributed by atoms with van der Waals surface area (Å²) in [6, 6.07) is 0. The maximum atomic E-state index is 3.78. The fourth-order valence-electron chi connectivity index (χ4n) is 0.413. The Kier molecular flexibility index (Phi) is 1.11. The van der Waals surface area contributed by atoms with Crippen molar-refractivity contribution in [3.63, 3.8) is 0 Å². The Labute approximate surface area is 42.9 Å². The monoisotopic (exact) mass is 95.1 g/mol. The molecule has 0 spiro atoms. The molecule has 0 fully saturated rings. The molecule has 0 aliphatic carbocycles. The number of hydrogen-bond acceptors (Lipinski definition) is 2. The Bertz CT molecular complexity index is 113. The summed E-state index contributed by atoms with van der Waals surface area (Å²) in [6.07, 6.45) is 4.51. The largest absolute Gasteiger partial charge is 0.382 e. The van der Waals surface area contributed by atoms with E-state index < -0.39 is 0 Å². The molecule has 1 radical (unpaired) electrons. The van der Waals surface area contributed by atoms with Gasteiger partial charge in [-0.15, -0.1) is 0 Å². The lowest BCUT2D eigenvalue weighted by molar-refractivity contribution is 0.913. The van der Waals surface area contributed by atoms with Crippen LogP contribution in [-0.4, -0.2) is 12.8 Å². The lowest BCUT2D eigenvalue weighted by Crippen LogP contribution is -2.15. The van der Waals surface area contributed by atoms with E-state index in [1.807, 2.05) is 6.92 Å². The smallest absolute Gasteiger partial charge is 0.0828 e. The molecule has 2 heteroatoms. The van der Waals surface area contributed by atoms with Gasteiger partial charge in [-0.05, 0) is 6.92 Å². The van der Waals surface area contributed by atoms with Crippen LogP contribution in [0.4, 0.5) is 0 Å². The highest BCUT2D eigenvalue weighted by atomic mass is 14.9. The molecule has 0 aromatic heterocycles. The highest BCUT2D eigenvalue weighted by Crippen LogP contribution is 1.88. The lowest BCUT2D eigenvalue weighted by Gasteiger charge is -2.02. The summed E-state index contributed by atoms with van der Waals surface area (Å²) in [5.41, 5.74) is 1.11. The van der Waals surface area contributed by atoms with Crippen LogP contribution in [0.25, 0.3) is 0 Å². The van der Waals surface area contributed by atoms with Crippen molar-refractivity contribution in [1.82, 2.24) is 5.32 Å². The van der Waals surface area contributed by atoms with Crippen LogP contribution in [0, 0.1) is 0 Å². The fourth-order valence-corrected chi connectivity index (χ4v) is 0.413. The normalized spacial score (nSPS) is 18.1. The number of rotatable bonds is 0. The van der Waals surface area contributed by atoms with Gasteiger partial charge in [-0.3, -0.25) is 4.99 Å². The molecule has 1 N–H and O–H groups in total. The lowest BCUT2D eigenvalue weighted by atomic mass is 10.5. The van der Waals surface area contributed by atoms with E-state index in [1.54, 1.807) is 6.20 Å². The van der Waals surface area contributed by atoms with Crippen LogP contribution in [0.3, 0.4) is 0 Å². The van der Waals surface area contributed by atoms with E-state index in [0.717, 1.165) is 12.2 Å². The molecule has 0 amide bonds. The first-order chi connectivity index (χ1) is 3.39. The molecule has 37 valence electrons. The van der Waals surface area contributed by atoms with Crippen LogP contribution in [0.2, 0.25) is 0 Å². The van der Waals surface area contributed by atoms with Gasteiger partial charge in [0.25, 0.3) is 0 Å². The molecule has 0 unspecified atom stereocenters. The maximum absolute atomic E-state index is 3.78. The third-order valence-corrected chi connectivity index (χ3v) is 0.796. The Morgan fingerprint density at radius 3 is 3.14 bits per heavy atom. The van der Waals surface area contributed by atoms with Gasteiger partial charge >= 0.3 is 0 Å². The van der Waals surface area contributed by atoms with Gasteiger partial charge in [-0.1, -0.05) is 0 Å². The Hall–Kier alpha value is -0.790. The molecular formula is C5H7N2. The van der Waals surface area contributed by atoms with Crippen molar-refractivity contribution in [2.24, 2.45) is 4.99 Å². The number of aliphatic imine (C=N–C) groups is 1. The third-order valence-electron chi connectivity index (χ3n) is 0.796. The fraction of sp³-hybridized carbons (Fsp3) is 0.400. The average Bonchev–Trinajstić information content (AvgIpc) is 1.69. The minimum Gasteiger partial charge on any atom is -0.382 e. The molecule has 7 heavy (non-hydrogen) atoms. The van der Waals surface area contributed by atoms with Crippen LogP contribution >= 0.6 is 0 Å². The summed E-state index contributed by atoms with van der Waals surface area (Å²) >= 11 is 0. The first-order valence-electron chi connectivity index (χ1n) is 2.23. The number of allylic oxidation sites excluding steroid dienone is 1. The summed E-state index contributed by atoms with van der Waals surface area (Å²) < 4.78 is 0. The van der Waals surface area contributed by atoms with Crippen molar-refractivity contribution >= 4 is 6.21 Å². The molecule has 1 aliphatic rings. The van der Waals surface area contributed by atoms with E-state index in [4.69, 9.17) is 0 Å². The predicted molar refractivity (Wildman–Crippen MR) is 29.2 cm³/mol. The van der Waals surface area contributed by atoms with Gasteiger partial charge in [-0.2, -0.15) is 0 Å². The first kappa shape index (κ1) is 4.37. The van der Waals surface area contributed by atoms with Gasteiger partial charge in [0, 0.05) is 11.9 Å². The quantitative estimate of drug-likeness (QED) is 0.462. The highest BCUT2D eigenvalue weighted by molar-refractivity contribution is 5.62. The summed E-state index contributed by atoms with van der Waals surface area (Å²) in [6.45, 7) is 2.73. The Morgan fingerprint density at radius 2 is 2.86 bits per heavy atom. The second kappa shape index (κ2) is 1.78. The van der Waals surface area contributed by atoms with E-state index in [1.165, 1.54) is 0 Å². The summed E-state index contributed by atoms with van der Waals surface area (Å²) in [5, 5.41) is 3.04. The third kappa shape index (κ3) is 1.03. The zero-order valence-electron chi connectivity index (χ0n) is 4.23.